The quantitative estimate of drug-likeness (QED) is 0.420. The number of sulfonamides is 1. The first-order valence-electron chi connectivity index (χ1n) is 8.12. The number of halogens is 1. The first kappa shape index (κ1) is 20.5. The molecule has 0 radical (unpaired) electrons. The number of nitrogens with one attached hydrogen (secondary N) is 1. The van der Waals surface area contributed by atoms with Gasteiger partial charge in [-0.05, 0) is 29.8 Å². The molecule has 0 fully saturated rings. The van der Waals surface area contributed by atoms with Crippen LogP contribution in [-0.4, -0.2) is 37.0 Å². The largest absolute Gasteiger partial charge is 0.295 e. The van der Waals surface area contributed by atoms with Gasteiger partial charge in [-0.1, -0.05) is 26.0 Å². The van der Waals surface area contributed by atoms with Gasteiger partial charge in [-0.15, -0.1) is 0 Å². The highest BCUT2D eigenvalue weighted by molar-refractivity contribution is 7.89. The predicted molar refractivity (Wildman–Crippen MR) is 101 cm³/mol. The van der Waals surface area contributed by atoms with Crippen molar-refractivity contribution < 1.29 is 17.7 Å². The van der Waals surface area contributed by atoms with Gasteiger partial charge in [0.2, 0.25) is 10.0 Å². The van der Waals surface area contributed by atoms with E-state index in [9.17, 15) is 22.9 Å². The van der Waals surface area contributed by atoms with Gasteiger partial charge in [0.25, 0.3) is 5.69 Å². The Morgan fingerprint density at radius 2 is 1.93 bits per heavy atom. The zero-order valence-electron chi connectivity index (χ0n) is 14.8. The Kier molecular flexibility index (Phi) is 6.59. The molecule has 2 aromatic carbocycles. The number of anilines is 1. The summed E-state index contributed by atoms with van der Waals surface area (Å²) < 4.78 is 39.4. The van der Waals surface area contributed by atoms with Crippen LogP contribution in [0.25, 0.3) is 0 Å². The van der Waals surface area contributed by atoms with Gasteiger partial charge in [-0.3, -0.25) is 15.5 Å². The molecule has 2 aromatic rings. The molecular weight excluding hydrogens is 375 g/mol. The second-order valence-corrected chi connectivity index (χ2v) is 7.39. The summed E-state index contributed by atoms with van der Waals surface area (Å²) in [7, 11) is -3.82. The fourth-order valence-electron chi connectivity index (χ4n) is 2.39. The zero-order valence-corrected chi connectivity index (χ0v) is 15.6. The number of hydrogen-bond donors (Lipinski definition) is 1. The van der Waals surface area contributed by atoms with Gasteiger partial charge in [0.1, 0.15) is 11.5 Å². The molecule has 0 aromatic heterocycles. The molecule has 0 saturated carbocycles. The Hall–Kier alpha value is -2.85. The number of benzene rings is 2. The number of nitrogens with zero attached hydrogens (tertiary/aromatic N) is 3. The van der Waals surface area contributed by atoms with Crippen molar-refractivity contribution >= 4 is 27.6 Å². The highest BCUT2D eigenvalue weighted by Crippen LogP contribution is 2.29. The third kappa shape index (κ3) is 4.86. The van der Waals surface area contributed by atoms with Crippen LogP contribution >= 0.6 is 0 Å². The van der Waals surface area contributed by atoms with Crippen LogP contribution in [0, 0.1) is 15.9 Å². The SMILES string of the molecule is CCN(CC)S(=O)(=O)c1ccc(NN=Cc2cccc(F)c2)c([N+](=O)[O-])c1. The number of rotatable bonds is 8. The molecule has 0 saturated heterocycles. The summed E-state index contributed by atoms with van der Waals surface area (Å²) >= 11 is 0. The number of nitro benzene ring substituents is 1. The van der Waals surface area contributed by atoms with Crippen molar-refractivity contribution in [3.8, 4) is 0 Å². The summed E-state index contributed by atoms with van der Waals surface area (Å²) in [5, 5.41) is 15.2. The molecule has 1 N–H and O–H groups in total. The predicted octanol–water partition coefficient (Wildman–Crippen LogP) is 3.21. The maximum Gasteiger partial charge on any atom is 0.295 e. The smallest absolute Gasteiger partial charge is 0.272 e. The first-order chi connectivity index (χ1) is 12.8. The van der Waals surface area contributed by atoms with E-state index in [1.807, 2.05) is 0 Å². The molecular formula is C17H19FN4O4S. The molecule has 144 valence electrons. The summed E-state index contributed by atoms with van der Waals surface area (Å²) in [5.74, 6) is -0.434. The van der Waals surface area contributed by atoms with Crippen LogP contribution in [-0.2, 0) is 10.0 Å². The van der Waals surface area contributed by atoms with Crippen LogP contribution in [0.1, 0.15) is 19.4 Å². The molecule has 10 heteroatoms. The lowest BCUT2D eigenvalue weighted by Crippen LogP contribution is -2.30. The first-order valence-corrected chi connectivity index (χ1v) is 9.56. The normalized spacial score (nSPS) is 11.9. The summed E-state index contributed by atoms with van der Waals surface area (Å²) in [6, 6.07) is 9.20. The van der Waals surface area contributed by atoms with Crippen molar-refractivity contribution in [1.29, 1.82) is 0 Å². The molecule has 0 aliphatic heterocycles. The Bertz CT molecular complexity index is 959. The molecule has 0 amide bonds. The van der Waals surface area contributed by atoms with Crippen LogP contribution in [0.4, 0.5) is 15.8 Å². The van der Waals surface area contributed by atoms with Crippen molar-refractivity contribution in [3.63, 3.8) is 0 Å². The van der Waals surface area contributed by atoms with E-state index in [1.54, 1.807) is 19.9 Å². The van der Waals surface area contributed by atoms with E-state index in [0.717, 1.165) is 6.07 Å². The summed E-state index contributed by atoms with van der Waals surface area (Å²) in [6.45, 7) is 3.88. The fraction of sp³-hybridized carbons (Fsp3) is 0.235. The molecule has 0 bridgehead atoms. The molecule has 27 heavy (non-hydrogen) atoms. The summed E-state index contributed by atoms with van der Waals surface area (Å²) in [5.41, 5.74) is 2.55. The molecule has 0 atom stereocenters. The summed E-state index contributed by atoms with van der Waals surface area (Å²) in [4.78, 5) is 10.5. The number of hydrogen-bond acceptors (Lipinski definition) is 6. The highest BCUT2D eigenvalue weighted by atomic mass is 32.2. The minimum Gasteiger partial charge on any atom is -0.272 e. The van der Waals surface area contributed by atoms with Crippen molar-refractivity contribution in [2.24, 2.45) is 5.10 Å². The molecule has 0 aliphatic rings. The van der Waals surface area contributed by atoms with E-state index in [0.29, 0.717) is 5.56 Å². The van der Waals surface area contributed by atoms with Gasteiger partial charge >= 0.3 is 0 Å². The lowest BCUT2D eigenvalue weighted by atomic mass is 10.2. The van der Waals surface area contributed by atoms with Gasteiger partial charge in [-0.25, -0.2) is 12.8 Å². The van der Waals surface area contributed by atoms with E-state index in [4.69, 9.17) is 0 Å². The standard InChI is InChI=1S/C17H19FN4O4S/c1-3-21(4-2)27(25,26)15-8-9-16(17(11-15)22(23)24)20-19-12-13-6-5-7-14(18)10-13/h5-12,20H,3-4H2,1-2H3. The van der Waals surface area contributed by atoms with Crippen molar-refractivity contribution in [1.82, 2.24) is 4.31 Å². The van der Waals surface area contributed by atoms with Crippen LogP contribution < -0.4 is 5.43 Å². The van der Waals surface area contributed by atoms with Crippen LogP contribution in [0.3, 0.4) is 0 Å². The molecule has 0 unspecified atom stereocenters. The third-order valence-electron chi connectivity index (χ3n) is 3.76. The van der Waals surface area contributed by atoms with Gasteiger partial charge in [0, 0.05) is 19.2 Å². The van der Waals surface area contributed by atoms with E-state index in [2.05, 4.69) is 10.5 Å². The van der Waals surface area contributed by atoms with Crippen molar-refractivity contribution in [2.45, 2.75) is 18.7 Å². The minimum absolute atomic E-state index is 0.0196. The lowest BCUT2D eigenvalue weighted by Gasteiger charge is -2.18. The maximum atomic E-state index is 13.1. The van der Waals surface area contributed by atoms with E-state index in [-0.39, 0.29) is 23.7 Å². The average Bonchev–Trinajstić information content (AvgIpc) is 2.62. The maximum absolute atomic E-state index is 13.1. The van der Waals surface area contributed by atoms with Crippen LogP contribution in [0.5, 0.6) is 0 Å². The fourth-order valence-corrected chi connectivity index (χ4v) is 3.87. The molecule has 8 nitrogen and oxygen atoms in total. The minimum atomic E-state index is -3.82. The molecule has 0 aliphatic carbocycles. The van der Waals surface area contributed by atoms with Crippen LogP contribution in [0.15, 0.2) is 52.5 Å². The van der Waals surface area contributed by atoms with Gasteiger partial charge in [0.05, 0.1) is 16.0 Å². The van der Waals surface area contributed by atoms with Gasteiger partial charge in [0.15, 0.2) is 0 Å². The second kappa shape index (κ2) is 8.69. The van der Waals surface area contributed by atoms with Crippen molar-refractivity contribution in [3.05, 3.63) is 64.0 Å². The molecule has 0 spiro atoms. The third-order valence-corrected chi connectivity index (χ3v) is 5.80. The summed E-state index contributed by atoms with van der Waals surface area (Å²) in [6.07, 6.45) is 1.30. The Balaban J connectivity index is 2.32. The topological polar surface area (TPSA) is 105 Å². The van der Waals surface area contributed by atoms with Crippen molar-refractivity contribution in [2.75, 3.05) is 18.5 Å². The number of nitro groups is 1. The Morgan fingerprint density at radius 3 is 2.52 bits per heavy atom. The Labute approximate surface area is 156 Å². The lowest BCUT2D eigenvalue weighted by molar-refractivity contribution is -0.384. The second-order valence-electron chi connectivity index (χ2n) is 5.45. The monoisotopic (exact) mass is 394 g/mol. The highest BCUT2D eigenvalue weighted by Gasteiger charge is 2.25. The Morgan fingerprint density at radius 1 is 1.22 bits per heavy atom. The van der Waals surface area contributed by atoms with Gasteiger partial charge < -0.3 is 0 Å². The van der Waals surface area contributed by atoms with Crippen LogP contribution in [0.2, 0.25) is 0 Å². The van der Waals surface area contributed by atoms with E-state index >= 15 is 0 Å². The van der Waals surface area contributed by atoms with E-state index < -0.39 is 26.5 Å². The molecule has 2 rings (SSSR count). The number of hydrazone groups is 1. The average molecular weight is 394 g/mol. The molecule has 0 heterocycles. The zero-order chi connectivity index (χ0) is 20.0. The van der Waals surface area contributed by atoms with Gasteiger partial charge in [-0.2, -0.15) is 9.41 Å². The van der Waals surface area contributed by atoms with E-state index in [1.165, 1.54) is 40.9 Å².